The molecule has 2 N–H and O–H groups in total. The smallest absolute Gasteiger partial charge is 0.293 e. The molecule has 2 atom stereocenters. The van der Waals surface area contributed by atoms with Crippen LogP contribution in [0.15, 0.2) is 59.2 Å². The van der Waals surface area contributed by atoms with Crippen molar-refractivity contribution in [3.8, 4) is 0 Å². The average Bonchev–Trinajstić information content (AvgIpc) is 2.85. The third kappa shape index (κ3) is 5.87. The van der Waals surface area contributed by atoms with Crippen molar-refractivity contribution in [3.05, 3.63) is 64.4 Å². The fourth-order valence-electron chi connectivity index (χ4n) is 2.45. The Morgan fingerprint density at radius 1 is 1.22 bits per heavy atom. The molecule has 7 heteroatoms. The molecule has 6 nitrogen and oxygen atoms in total. The van der Waals surface area contributed by atoms with Gasteiger partial charge in [-0.1, -0.05) is 58.9 Å². The number of rotatable bonds is 6. The molecule has 1 aromatic carbocycles. The van der Waals surface area contributed by atoms with E-state index < -0.39 is 15.9 Å². The molecule has 0 heterocycles. The highest BCUT2D eigenvalue weighted by molar-refractivity contribution is 7.83. The van der Waals surface area contributed by atoms with Crippen molar-refractivity contribution >= 4 is 22.4 Å². The number of allylic oxidation sites excluding steroid dienone is 5. The minimum atomic E-state index is -1.47. The second kappa shape index (κ2) is 10.2. The van der Waals surface area contributed by atoms with Crippen LogP contribution in [0.25, 0.3) is 0 Å². The molecule has 0 saturated heterocycles. The molecule has 148 valence electrons. The highest BCUT2D eigenvalue weighted by Crippen LogP contribution is 2.35. The molecule has 2 rings (SSSR count). The van der Waals surface area contributed by atoms with E-state index in [1.165, 1.54) is 13.1 Å². The van der Waals surface area contributed by atoms with Crippen molar-refractivity contribution in [1.29, 1.82) is 0 Å². The summed E-state index contributed by atoms with van der Waals surface area (Å²) in [6, 6.07) is 4.53. The van der Waals surface area contributed by atoms with E-state index in [-0.39, 0.29) is 11.1 Å². The van der Waals surface area contributed by atoms with Crippen molar-refractivity contribution in [2.75, 3.05) is 12.4 Å². The minimum absolute atomic E-state index is 0.112. The molecule has 1 aliphatic rings. The van der Waals surface area contributed by atoms with Crippen LogP contribution < -0.4 is 10.0 Å². The summed E-state index contributed by atoms with van der Waals surface area (Å²) in [5, 5.41) is 14.6. The number of nitrogens with one attached hydrogen (secondary N) is 2. The van der Waals surface area contributed by atoms with E-state index in [4.69, 9.17) is 0 Å². The molecular formula is C20H29N3O3S. The normalized spacial score (nSPS) is 19.6. The molecular weight excluding hydrogens is 362 g/mol. The van der Waals surface area contributed by atoms with Crippen LogP contribution in [0, 0.1) is 21.4 Å². The third-order valence-corrected chi connectivity index (χ3v) is 5.45. The van der Waals surface area contributed by atoms with Gasteiger partial charge in [0.15, 0.2) is 0 Å². The molecule has 2 unspecified atom stereocenters. The lowest BCUT2D eigenvalue weighted by Gasteiger charge is -2.27. The molecule has 1 aromatic rings. The molecule has 0 saturated carbocycles. The molecule has 0 fully saturated rings. The van der Waals surface area contributed by atoms with Gasteiger partial charge in [0.2, 0.25) is 0 Å². The van der Waals surface area contributed by atoms with Crippen molar-refractivity contribution in [2.24, 2.45) is 11.3 Å². The number of nitro benzene ring substituents is 1. The van der Waals surface area contributed by atoms with Gasteiger partial charge >= 0.3 is 0 Å². The largest absolute Gasteiger partial charge is 0.350 e. The Labute approximate surface area is 164 Å². The molecule has 1 aliphatic carbocycles. The zero-order chi connectivity index (χ0) is 20.6. The second-order valence-electron chi connectivity index (χ2n) is 6.37. The van der Waals surface area contributed by atoms with Gasteiger partial charge in [0.1, 0.15) is 16.7 Å². The van der Waals surface area contributed by atoms with E-state index >= 15 is 0 Å². The zero-order valence-corrected chi connectivity index (χ0v) is 17.6. The fourth-order valence-corrected chi connectivity index (χ4v) is 3.09. The van der Waals surface area contributed by atoms with Crippen molar-refractivity contribution in [1.82, 2.24) is 4.72 Å². The van der Waals surface area contributed by atoms with Gasteiger partial charge in [-0.05, 0) is 31.2 Å². The quantitative estimate of drug-likeness (QED) is 0.531. The molecule has 0 bridgehead atoms. The van der Waals surface area contributed by atoms with Crippen LogP contribution in [0.2, 0.25) is 0 Å². The Kier molecular flexibility index (Phi) is 8.59. The topological polar surface area (TPSA) is 84.3 Å². The van der Waals surface area contributed by atoms with Crippen LogP contribution in [0.1, 0.15) is 34.6 Å². The summed E-state index contributed by atoms with van der Waals surface area (Å²) in [6.07, 6.45) is 9.96. The van der Waals surface area contributed by atoms with Gasteiger partial charge in [-0.2, -0.15) is 0 Å². The van der Waals surface area contributed by atoms with E-state index in [2.05, 4.69) is 43.0 Å². The molecule has 0 aliphatic heterocycles. The summed E-state index contributed by atoms with van der Waals surface area (Å²) in [7, 11) is 0.0623. The second-order valence-corrected chi connectivity index (χ2v) is 7.79. The van der Waals surface area contributed by atoms with Crippen LogP contribution >= 0.6 is 0 Å². The lowest BCUT2D eigenvalue weighted by molar-refractivity contribution is -0.384. The highest BCUT2D eigenvalue weighted by Gasteiger charge is 2.25. The first-order valence-corrected chi connectivity index (χ1v) is 10.1. The Morgan fingerprint density at radius 3 is 2.44 bits per heavy atom. The summed E-state index contributed by atoms with van der Waals surface area (Å²) >= 11 is 0. The first-order valence-electron chi connectivity index (χ1n) is 9.00. The summed E-state index contributed by atoms with van der Waals surface area (Å²) < 4.78 is 14.4. The summed E-state index contributed by atoms with van der Waals surface area (Å²) in [4.78, 5) is 11.3. The molecule has 0 spiro atoms. The van der Waals surface area contributed by atoms with Crippen LogP contribution in [0.3, 0.4) is 0 Å². The fraction of sp³-hybridized carbons (Fsp3) is 0.400. The Bertz CT molecular complexity index is 785. The molecule has 0 amide bonds. The van der Waals surface area contributed by atoms with Gasteiger partial charge in [0.25, 0.3) is 5.69 Å². The molecule has 0 aromatic heterocycles. The first kappa shape index (κ1) is 22.8. The number of anilines is 1. The van der Waals surface area contributed by atoms with Gasteiger partial charge in [0, 0.05) is 17.2 Å². The Hall–Kier alpha value is -2.25. The van der Waals surface area contributed by atoms with E-state index in [9.17, 15) is 14.3 Å². The molecule has 27 heavy (non-hydrogen) atoms. The first-order chi connectivity index (χ1) is 12.8. The van der Waals surface area contributed by atoms with Gasteiger partial charge < -0.3 is 5.32 Å². The van der Waals surface area contributed by atoms with Crippen molar-refractivity contribution in [2.45, 2.75) is 39.5 Å². The molecule has 0 radical (unpaired) electrons. The van der Waals surface area contributed by atoms with Gasteiger partial charge in [0.05, 0.1) is 9.82 Å². The highest BCUT2D eigenvalue weighted by atomic mass is 32.2. The van der Waals surface area contributed by atoms with Crippen molar-refractivity contribution < 1.29 is 9.13 Å². The predicted octanol–water partition coefficient (Wildman–Crippen LogP) is 4.95. The summed E-state index contributed by atoms with van der Waals surface area (Å²) in [5.74, 6) is 0.371. The lowest BCUT2D eigenvalue weighted by atomic mass is 9.78. The van der Waals surface area contributed by atoms with Gasteiger partial charge in [-0.25, -0.2) is 8.93 Å². The Morgan fingerprint density at radius 2 is 1.89 bits per heavy atom. The van der Waals surface area contributed by atoms with Gasteiger partial charge in [-0.15, -0.1) is 0 Å². The number of nitro groups is 1. The number of nitrogens with zero attached hydrogens (tertiary/aromatic N) is 1. The minimum Gasteiger partial charge on any atom is -0.350 e. The summed E-state index contributed by atoms with van der Waals surface area (Å²) in [6.45, 7) is 10.4. The zero-order valence-electron chi connectivity index (χ0n) is 16.8. The number of benzene rings is 1. The van der Waals surface area contributed by atoms with Crippen LogP contribution in [0.5, 0.6) is 0 Å². The van der Waals surface area contributed by atoms with Crippen LogP contribution in [-0.4, -0.2) is 16.2 Å². The monoisotopic (exact) mass is 391 g/mol. The number of hydrogen-bond donors (Lipinski definition) is 2. The standard InChI is InChI=1S/C18H23N3O3S.C2H6/c1-13(2)18(3)10-6-5-7-14(12-18)20-16-9-8-15(25(24)19-4)11-17(16)21(22)23;1-2/h5-13,19-20H,1-4H3;1-2H3. The SMILES string of the molecule is CC.CNS(=O)c1ccc(NC2=CC(C)(C(C)C)C=CC=C2)c([N+](=O)[O-])c1. The number of hydrogen-bond acceptors (Lipinski definition) is 4. The maximum atomic E-state index is 11.8. The van der Waals surface area contributed by atoms with Crippen molar-refractivity contribution in [3.63, 3.8) is 0 Å². The maximum Gasteiger partial charge on any atom is 0.293 e. The summed E-state index contributed by atoms with van der Waals surface area (Å²) in [5.41, 5.74) is 0.880. The predicted molar refractivity (Wildman–Crippen MR) is 113 cm³/mol. The van der Waals surface area contributed by atoms with E-state index in [0.29, 0.717) is 16.5 Å². The average molecular weight is 392 g/mol. The lowest BCUT2D eigenvalue weighted by Crippen LogP contribution is -2.19. The maximum absolute atomic E-state index is 11.8. The van der Waals surface area contributed by atoms with Crippen LogP contribution in [-0.2, 0) is 11.0 Å². The Balaban J connectivity index is 0.00000176. The van der Waals surface area contributed by atoms with E-state index in [0.717, 1.165) is 5.70 Å². The van der Waals surface area contributed by atoms with E-state index in [1.54, 1.807) is 12.1 Å². The van der Waals surface area contributed by atoms with Crippen LogP contribution in [0.4, 0.5) is 11.4 Å². The third-order valence-electron chi connectivity index (χ3n) is 4.40. The van der Waals surface area contributed by atoms with Gasteiger partial charge in [-0.3, -0.25) is 10.1 Å². The van der Waals surface area contributed by atoms with E-state index in [1.807, 2.05) is 32.1 Å².